The molecular weight excluding hydrogens is 749 g/mol. The fraction of sp³-hybridized carbons (Fsp3) is 0.796. The molecule has 2 unspecified atom stereocenters. The molecule has 59 heavy (non-hydrogen) atoms. The maximum absolute atomic E-state index is 12.8. The van der Waals surface area contributed by atoms with Crippen molar-refractivity contribution in [3.05, 3.63) is 48.6 Å². The lowest BCUT2D eigenvalue weighted by Gasteiger charge is -2.39. The molecule has 0 aromatic heterocycles. The van der Waals surface area contributed by atoms with Gasteiger partial charge in [-0.2, -0.15) is 0 Å². The first-order chi connectivity index (χ1) is 28.8. The van der Waals surface area contributed by atoms with Gasteiger partial charge in [0.2, 0.25) is 0 Å². The average Bonchev–Trinajstić information content (AvgIpc) is 3.23. The van der Waals surface area contributed by atoms with Gasteiger partial charge in [0.1, 0.15) is 31.0 Å². The van der Waals surface area contributed by atoms with Crippen LogP contribution in [0.1, 0.15) is 194 Å². The molecule has 1 heterocycles. The minimum atomic E-state index is -1.60. The van der Waals surface area contributed by atoms with Gasteiger partial charge in [0.15, 0.2) is 12.4 Å². The summed E-state index contributed by atoms with van der Waals surface area (Å²) in [6.07, 6.45) is 39.7. The Morgan fingerprint density at radius 3 is 1.51 bits per heavy atom. The standard InChI is InChI=1S/C49H86O10/c1-3-5-7-9-11-13-15-17-19-20-21-22-24-26-28-30-32-34-36-38-45(52)58-42(41-57-49-48(55)47(54)46(53)43(39-50)59-49)40-56-44(51)37-35-33-31-29-27-25-23-18-16-14-12-10-8-6-4-2/h6,8,10,12,14,16,18,23,42-43,46-50,53-55H,3-5,7,9,11,13,15,17,19-22,24-41H2,1-2H3/b8-6+,12-10+,16-14+,23-18+/t42-,43-,46+,47?,48?,49-/m1/s1. The largest absolute Gasteiger partial charge is 0.462 e. The van der Waals surface area contributed by atoms with Crippen molar-refractivity contribution < 1.29 is 49.0 Å². The van der Waals surface area contributed by atoms with Gasteiger partial charge in [-0.25, -0.2) is 0 Å². The third kappa shape index (κ3) is 31.2. The van der Waals surface area contributed by atoms with Crippen molar-refractivity contribution >= 4 is 11.9 Å². The molecule has 0 aliphatic carbocycles. The lowest BCUT2D eigenvalue weighted by molar-refractivity contribution is -0.305. The van der Waals surface area contributed by atoms with Crippen LogP contribution in [0.3, 0.4) is 0 Å². The molecule has 0 aromatic carbocycles. The minimum Gasteiger partial charge on any atom is -0.462 e. The van der Waals surface area contributed by atoms with Gasteiger partial charge in [-0.3, -0.25) is 9.59 Å². The van der Waals surface area contributed by atoms with E-state index in [1.165, 1.54) is 96.3 Å². The van der Waals surface area contributed by atoms with Crippen molar-refractivity contribution in [3.63, 3.8) is 0 Å². The second kappa shape index (κ2) is 39.8. The summed E-state index contributed by atoms with van der Waals surface area (Å²) >= 11 is 0. The Kier molecular flexibility index (Phi) is 36.9. The molecule has 10 nitrogen and oxygen atoms in total. The summed E-state index contributed by atoms with van der Waals surface area (Å²) in [4.78, 5) is 25.4. The third-order valence-electron chi connectivity index (χ3n) is 10.8. The first-order valence-electron chi connectivity index (χ1n) is 23.8. The lowest BCUT2D eigenvalue weighted by atomic mass is 9.99. The monoisotopic (exact) mass is 835 g/mol. The summed E-state index contributed by atoms with van der Waals surface area (Å²) in [5.74, 6) is -0.829. The summed E-state index contributed by atoms with van der Waals surface area (Å²) < 4.78 is 22.2. The van der Waals surface area contributed by atoms with Gasteiger partial charge in [0.05, 0.1) is 13.2 Å². The molecule has 10 heteroatoms. The Morgan fingerprint density at radius 1 is 0.542 bits per heavy atom. The maximum atomic E-state index is 12.8. The molecule has 0 saturated carbocycles. The topological polar surface area (TPSA) is 152 Å². The highest BCUT2D eigenvalue weighted by Gasteiger charge is 2.44. The van der Waals surface area contributed by atoms with E-state index in [4.69, 9.17) is 18.9 Å². The molecule has 0 amide bonds. The van der Waals surface area contributed by atoms with Crippen LogP contribution in [0.15, 0.2) is 48.6 Å². The number of aliphatic hydroxyl groups excluding tert-OH is 4. The first kappa shape index (κ1) is 54.7. The summed E-state index contributed by atoms with van der Waals surface area (Å²) in [5.41, 5.74) is 0. The summed E-state index contributed by atoms with van der Waals surface area (Å²) in [6, 6.07) is 0. The van der Waals surface area contributed by atoms with Crippen LogP contribution < -0.4 is 0 Å². The van der Waals surface area contributed by atoms with Gasteiger partial charge in [-0.1, -0.05) is 197 Å². The van der Waals surface area contributed by atoms with Crippen molar-refractivity contribution in [1.29, 1.82) is 0 Å². The molecule has 1 aliphatic heterocycles. The van der Waals surface area contributed by atoms with E-state index in [0.717, 1.165) is 57.8 Å². The molecular formula is C49H86O10. The molecule has 1 aliphatic rings. The van der Waals surface area contributed by atoms with Crippen LogP contribution in [0.25, 0.3) is 0 Å². The summed E-state index contributed by atoms with van der Waals surface area (Å²) in [6.45, 7) is 3.28. The Labute approximate surface area is 358 Å². The van der Waals surface area contributed by atoms with Crippen molar-refractivity contribution in [2.45, 2.75) is 230 Å². The zero-order valence-electron chi connectivity index (χ0n) is 37.2. The van der Waals surface area contributed by atoms with E-state index in [1.54, 1.807) is 0 Å². The predicted octanol–water partition coefficient (Wildman–Crippen LogP) is 10.4. The van der Waals surface area contributed by atoms with E-state index in [-0.39, 0.29) is 26.1 Å². The van der Waals surface area contributed by atoms with Crippen molar-refractivity contribution in [3.8, 4) is 0 Å². The van der Waals surface area contributed by atoms with Crippen LogP contribution in [-0.4, -0.2) is 89.0 Å². The molecule has 0 bridgehead atoms. The zero-order chi connectivity index (χ0) is 43.0. The normalized spacial score (nSPS) is 20.4. The van der Waals surface area contributed by atoms with Crippen LogP contribution in [0.2, 0.25) is 0 Å². The number of hydrogen-bond donors (Lipinski definition) is 4. The van der Waals surface area contributed by atoms with E-state index >= 15 is 0 Å². The molecule has 0 aromatic rings. The number of carbonyl (C=O) groups excluding carboxylic acids is 2. The number of carbonyl (C=O) groups is 2. The number of esters is 2. The number of rotatable bonds is 39. The zero-order valence-corrected chi connectivity index (χ0v) is 37.2. The summed E-state index contributed by atoms with van der Waals surface area (Å²) in [5, 5.41) is 40.1. The van der Waals surface area contributed by atoms with Crippen LogP contribution in [-0.2, 0) is 28.5 Å². The molecule has 342 valence electrons. The number of hydrogen-bond acceptors (Lipinski definition) is 10. The number of unbranched alkanes of at least 4 members (excludes halogenated alkanes) is 23. The molecule has 1 fully saturated rings. The van der Waals surface area contributed by atoms with Gasteiger partial charge < -0.3 is 39.4 Å². The Morgan fingerprint density at radius 2 is 1.00 bits per heavy atom. The van der Waals surface area contributed by atoms with Crippen LogP contribution in [0, 0.1) is 0 Å². The van der Waals surface area contributed by atoms with Crippen LogP contribution >= 0.6 is 0 Å². The molecule has 0 radical (unpaired) electrons. The smallest absolute Gasteiger partial charge is 0.306 e. The van der Waals surface area contributed by atoms with Crippen molar-refractivity contribution in [1.82, 2.24) is 0 Å². The highest BCUT2D eigenvalue weighted by atomic mass is 16.7. The maximum Gasteiger partial charge on any atom is 0.306 e. The fourth-order valence-electron chi connectivity index (χ4n) is 7.08. The Bertz CT molecular complexity index is 1100. The number of aliphatic hydroxyl groups is 4. The fourth-order valence-corrected chi connectivity index (χ4v) is 7.08. The number of ether oxygens (including phenoxy) is 4. The molecule has 0 spiro atoms. The first-order valence-corrected chi connectivity index (χ1v) is 23.8. The lowest BCUT2D eigenvalue weighted by Crippen LogP contribution is -2.59. The van der Waals surface area contributed by atoms with Crippen LogP contribution in [0.5, 0.6) is 0 Å². The van der Waals surface area contributed by atoms with Gasteiger partial charge in [-0.05, 0) is 32.1 Å². The van der Waals surface area contributed by atoms with Gasteiger partial charge >= 0.3 is 11.9 Å². The van der Waals surface area contributed by atoms with E-state index in [9.17, 15) is 30.0 Å². The van der Waals surface area contributed by atoms with E-state index in [1.807, 2.05) is 30.4 Å². The second-order valence-corrected chi connectivity index (χ2v) is 16.3. The van der Waals surface area contributed by atoms with Crippen molar-refractivity contribution in [2.75, 3.05) is 19.8 Å². The Hall–Kier alpha value is -2.34. The number of allylic oxidation sites excluding steroid dienone is 8. The van der Waals surface area contributed by atoms with E-state index < -0.39 is 55.4 Å². The van der Waals surface area contributed by atoms with Crippen LogP contribution in [0.4, 0.5) is 0 Å². The van der Waals surface area contributed by atoms with Gasteiger partial charge in [0, 0.05) is 12.8 Å². The molecule has 1 saturated heterocycles. The van der Waals surface area contributed by atoms with E-state index in [2.05, 4.69) is 32.1 Å². The summed E-state index contributed by atoms with van der Waals surface area (Å²) in [7, 11) is 0. The van der Waals surface area contributed by atoms with E-state index in [0.29, 0.717) is 12.8 Å². The quantitative estimate of drug-likeness (QED) is 0.0267. The second-order valence-electron chi connectivity index (χ2n) is 16.3. The highest BCUT2D eigenvalue weighted by molar-refractivity contribution is 5.70. The molecule has 1 rings (SSSR count). The van der Waals surface area contributed by atoms with Gasteiger partial charge in [-0.15, -0.1) is 0 Å². The average molecular weight is 835 g/mol. The minimum absolute atomic E-state index is 0.226. The SMILES string of the molecule is CC/C=C/C=C/C=C/C=C/CCCCCCCC(=O)OC[C@H](CO[C@@H]1O[C@H](CO)[C@H](O)C(O)C1O)OC(=O)CCCCCCCCCCCCCCCCCCCCC. The predicted molar refractivity (Wildman–Crippen MR) is 238 cm³/mol. The highest BCUT2D eigenvalue weighted by Crippen LogP contribution is 2.23. The molecule has 4 N–H and O–H groups in total. The van der Waals surface area contributed by atoms with Crippen molar-refractivity contribution in [2.24, 2.45) is 0 Å². The van der Waals surface area contributed by atoms with Gasteiger partial charge in [0.25, 0.3) is 0 Å². The third-order valence-corrected chi connectivity index (χ3v) is 10.8. The molecule has 6 atom stereocenters. The Balaban J connectivity index is 2.30.